The van der Waals surface area contributed by atoms with Crippen LogP contribution in [0, 0.1) is 5.92 Å². The second-order valence-electron chi connectivity index (χ2n) is 7.56. The van der Waals surface area contributed by atoms with Crippen molar-refractivity contribution in [3.8, 4) is 0 Å². The lowest BCUT2D eigenvalue weighted by molar-refractivity contribution is -0.145. The monoisotopic (exact) mass is 389 g/mol. The number of esters is 1. The number of amides is 1. The molecule has 3 aromatic rings. The number of fused-ring (bicyclic) bond motifs is 2. The Labute approximate surface area is 169 Å². The van der Waals surface area contributed by atoms with Crippen molar-refractivity contribution < 1.29 is 19.1 Å². The summed E-state index contributed by atoms with van der Waals surface area (Å²) in [5.74, 6) is -0.956. The van der Waals surface area contributed by atoms with Gasteiger partial charge in [0.15, 0.2) is 0 Å². The molecule has 0 saturated heterocycles. The van der Waals surface area contributed by atoms with Crippen LogP contribution in [0.3, 0.4) is 0 Å². The SMILES string of the molecule is COC(=O)[C@@H](NC(=O)c1c2ccccc2cc2ccccc12)[C@H]1CCCC(=O)C1. The molecule has 0 aromatic heterocycles. The van der Waals surface area contributed by atoms with Gasteiger partial charge in [0.1, 0.15) is 11.8 Å². The molecule has 0 radical (unpaired) electrons. The maximum absolute atomic E-state index is 13.4. The Morgan fingerprint density at radius 3 is 2.24 bits per heavy atom. The van der Waals surface area contributed by atoms with Gasteiger partial charge in [-0.3, -0.25) is 9.59 Å². The Morgan fingerprint density at radius 2 is 1.66 bits per heavy atom. The minimum atomic E-state index is -0.838. The molecule has 1 aliphatic rings. The molecule has 1 amide bonds. The summed E-state index contributed by atoms with van der Waals surface area (Å²) in [5.41, 5.74) is 0.537. The lowest BCUT2D eigenvalue weighted by Gasteiger charge is -2.28. The van der Waals surface area contributed by atoms with E-state index in [9.17, 15) is 14.4 Å². The van der Waals surface area contributed by atoms with Crippen LogP contribution in [0.2, 0.25) is 0 Å². The Kier molecular flexibility index (Phi) is 5.30. The molecule has 0 spiro atoms. The standard InChI is InChI=1S/C24H23NO4/c1-29-24(28)22(17-9-6-10-18(26)14-17)25-23(27)21-19-11-4-2-7-15(19)13-16-8-3-5-12-20(16)21/h2-5,7-8,11-13,17,22H,6,9-10,14H2,1H3,(H,25,27)/t17-,22-/m0/s1. The molecule has 148 valence electrons. The number of ketones is 1. The average Bonchev–Trinajstić information content (AvgIpc) is 2.75. The summed E-state index contributed by atoms with van der Waals surface area (Å²) in [7, 11) is 1.31. The van der Waals surface area contributed by atoms with Crippen molar-refractivity contribution >= 4 is 39.2 Å². The summed E-state index contributed by atoms with van der Waals surface area (Å²) in [5, 5.41) is 6.46. The van der Waals surface area contributed by atoms with Gasteiger partial charge >= 0.3 is 5.97 Å². The Morgan fingerprint density at radius 1 is 1.03 bits per heavy atom. The molecule has 0 heterocycles. The predicted molar refractivity (Wildman–Crippen MR) is 112 cm³/mol. The van der Waals surface area contributed by atoms with Gasteiger partial charge in [0.05, 0.1) is 12.7 Å². The zero-order chi connectivity index (χ0) is 20.4. The van der Waals surface area contributed by atoms with E-state index in [1.54, 1.807) is 0 Å². The summed E-state index contributed by atoms with van der Waals surface area (Å²) in [6, 6.07) is 16.6. The first kappa shape index (κ1) is 19.1. The number of carbonyl (C=O) groups excluding carboxylic acids is 3. The summed E-state index contributed by atoms with van der Waals surface area (Å²) in [6.07, 6.45) is 2.26. The molecule has 5 nitrogen and oxygen atoms in total. The van der Waals surface area contributed by atoms with Gasteiger partial charge in [0.2, 0.25) is 0 Å². The van der Waals surface area contributed by atoms with Crippen LogP contribution < -0.4 is 5.32 Å². The summed E-state index contributed by atoms with van der Waals surface area (Å²) in [6.45, 7) is 0. The number of nitrogens with one attached hydrogen (secondary N) is 1. The van der Waals surface area contributed by atoms with Crippen LogP contribution in [0.25, 0.3) is 21.5 Å². The van der Waals surface area contributed by atoms with E-state index in [4.69, 9.17) is 4.74 Å². The van der Waals surface area contributed by atoms with Crippen LogP contribution in [0.5, 0.6) is 0 Å². The van der Waals surface area contributed by atoms with E-state index in [1.807, 2.05) is 48.5 Å². The lowest BCUT2D eigenvalue weighted by Crippen LogP contribution is -2.48. The Hall–Kier alpha value is -3.21. The lowest BCUT2D eigenvalue weighted by atomic mass is 9.83. The number of hydrogen-bond acceptors (Lipinski definition) is 4. The second-order valence-corrected chi connectivity index (χ2v) is 7.56. The predicted octanol–water partition coefficient (Wildman–Crippen LogP) is 4.02. The fraction of sp³-hybridized carbons (Fsp3) is 0.292. The van der Waals surface area contributed by atoms with Crippen molar-refractivity contribution in [3.05, 3.63) is 60.2 Å². The van der Waals surface area contributed by atoms with Crippen LogP contribution >= 0.6 is 0 Å². The number of methoxy groups -OCH3 is 1. The highest BCUT2D eigenvalue weighted by Gasteiger charge is 2.34. The number of benzene rings is 3. The third kappa shape index (κ3) is 3.73. The minimum absolute atomic E-state index is 0.125. The first-order valence-electron chi connectivity index (χ1n) is 9.89. The van der Waals surface area contributed by atoms with Gasteiger partial charge in [-0.15, -0.1) is 0 Å². The zero-order valence-electron chi connectivity index (χ0n) is 16.3. The maximum Gasteiger partial charge on any atom is 0.328 e. The topological polar surface area (TPSA) is 72.5 Å². The molecule has 3 aromatic carbocycles. The first-order valence-corrected chi connectivity index (χ1v) is 9.89. The molecule has 0 aliphatic heterocycles. The Balaban J connectivity index is 1.77. The number of hydrogen-bond donors (Lipinski definition) is 1. The molecule has 29 heavy (non-hydrogen) atoms. The molecule has 0 unspecified atom stereocenters. The molecule has 1 aliphatic carbocycles. The number of Topliss-reactive ketones (excluding diaryl/α,β-unsaturated/α-hetero) is 1. The van der Waals surface area contributed by atoms with Crippen molar-refractivity contribution in [2.75, 3.05) is 7.11 Å². The van der Waals surface area contributed by atoms with Gasteiger partial charge in [0, 0.05) is 12.8 Å². The van der Waals surface area contributed by atoms with E-state index in [2.05, 4.69) is 11.4 Å². The van der Waals surface area contributed by atoms with Crippen LogP contribution in [0.1, 0.15) is 36.0 Å². The highest BCUT2D eigenvalue weighted by Crippen LogP contribution is 2.30. The van der Waals surface area contributed by atoms with Crippen molar-refractivity contribution in [1.29, 1.82) is 0 Å². The molecule has 2 atom stereocenters. The van der Waals surface area contributed by atoms with Crippen LogP contribution in [0.15, 0.2) is 54.6 Å². The van der Waals surface area contributed by atoms with Gasteiger partial charge in [-0.2, -0.15) is 0 Å². The van der Waals surface area contributed by atoms with E-state index in [1.165, 1.54) is 7.11 Å². The fourth-order valence-corrected chi connectivity index (χ4v) is 4.31. The van der Waals surface area contributed by atoms with Crippen molar-refractivity contribution in [3.63, 3.8) is 0 Å². The van der Waals surface area contributed by atoms with E-state index in [0.29, 0.717) is 18.4 Å². The van der Waals surface area contributed by atoms with Gasteiger partial charge < -0.3 is 10.1 Å². The normalized spacial score (nSPS) is 17.8. The molecule has 0 bridgehead atoms. The zero-order valence-corrected chi connectivity index (χ0v) is 16.3. The van der Waals surface area contributed by atoms with Gasteiger partial charge in [-0.1, -0.05) is 48.5 Å². The Bertz CT molecular complexity index is 1050. The molecule has 4 rings (SSSR count). The first-order chi connectivity index (χ1) is 14.1. The maximum atomic E-state index is 13.4. The molecule has 5 heteroatoms. The third-order valence-electron chi connectivity index (χ3n) is 5.73. The van der Waals surface area contributed by atoms with E-state index in [0.717, 1.165) is 28.0 Å². The number of rotatable bonds is 4. The van der Waals surface area contributed by atoms with E-state index < -0.39 is 12.0 Å². The van der Waals surface area contributed by atoms with Crippen molar-refractivity contribution in [1.82, 2.24) is 5.32 Å². The van der Waals surface area contributed by atoms with Crippen molar-refractivity contribution in [2.45, 2.75) is 31.7 Å². The molecular formula is C24H23NO4. The van der Waals surface area contributed by atoms with Crippen LogP contribution in [-0.4, -0.2) is 30.8 Å². The van der Waals surface area contributed by atoms with Crippen molar-refractivity contribution in [2.24, 2.45) is 5.92 Å². The molecule has 1 N–H and O–H groups in total. The largest absolute Gasteiger partial charge is 0.467 e. The number of ether oxygens (including phenoxy) is 1. The molecule has 1 saturated carbocycles. The minimum Gasteiger partial charge on any atom is -0.467 e. The second kappa shape index (κ2) is 8.03. The summed E-state index contributed by atoms with van der Waals surface area (Å²) in [4.78, 5) is 37.8. The van der Waals surface area contributed by atoms with Gasteiger partial charge in [0.25, 0.3) is 5.91 Å². The average molecular weight is 389 g/mol. The molecule has 1 fully saturated rings. The summed E-state index contributed by atoms with van der Waals surface area (Å²) < 4.78 is 4.95. The quantitative estimate of drug-likeness (QED) is 0.540. The third-order valence-corrected chi connectivity index (χ3v) is 5.73. The molecular weight excluding hydrogens is 366 g/mol. The highest BCUT2D eigenvalue weighted by atomic mass is 16.5. The van der Waals surface area contributed by atoms with Gasteiger partial charge in [-0.25, -0.2) is 4.79 Å². The van der Waals surface area contributed by atoms with E-state index in [-0.39, 0.29) is 24.0 Å². The number of carbonyl (C=O) groups is 3. The summed E-state index contributed by atoms with van der Waals surface area (Å²) >= 11 is 0. The van der Waals surface area contributed by atoms with E-state index >= 15 is 0 Å². The highest BCUT2D eigenvalue weighted by molar-refractivity contribution is 6.18. The smallest absolute Gasteiger partial charge is 0.328 e. The van der Waals surface area contributed by atoms with Crippen LogP contribution in [0.4, 0.5) is 0 Å². The van der Waals surface area contributed by atoms with Gasteiger partial charge in [-0.05, 0) is 46.4 Å². The fourth-order valence-electron chi connectivity index (χ4n) is 4.31. The van der Waals surface area contributed by atoms with Crippen LogP contribution in [-0.2, 0) is 14.3 Å².